The number of hydrogen-bond donors (Lipinski definition) is 2. The van der Waals surface area contributed by atoms with Crippen LogP contribution in [-0.2, 0) is 16.1 Å². The summed E-state index contributed by atoms with van der Waals surface area (Å²) < 4.78 is 17.7. The molecule has 1 aliphatic carbocycles. The van der Waals surface area contributed by atoms with Crippen molar-refractivity contribution in [3.8, 4) is 11.5 Å². The summed E-state index contributed by atoms with van der Waals surface area (Å²) in [4.78, 5) is 23.8. The molecule has 1 saturated heterocycles. The molecular formula is C34H35Cl2N5O4. The van der Waals surface area contributed by atoms with E-state index in [9.17, 15) is 4.79 Å². The summed E-state index contributed by atoms with van der Waals surface area (Å²) in [5.41, 5.74) is 4.33. The molecular weight excluding hydrogens is 613 g/mol. The maximum absolute atomic E-state index is 12.5. The van der Waals surface area contributed by atoms with Crippen LogP contribution in [0.3, 0.4) is 0 Å². The first kappa shape index (κ1) is 31.1. The number of morpholine rings is 1. The molecule has 1 aromatic heterocycles. The molecule has 2 heterocycles. The van der Waals surface area contributed by atoms with E-state index in [4.69, 9.17) is 37.4 Å². The molecule has 2 aliphatic rings. The van der Waals surface area contributed by atoms with E-state index in [1.54, 1.807) is 18.2 Å². The Labute approximate surface area is 272 Å². The van der Waals surface area contributed by atoms with Gasteiger partial charge in [-0.25, -0.2) is 9.97 Å². The Morgan fingerprint density at radius 3 is 2.64 bits per heavy atom. The highest BCUT2D eigenvalue weighted by Gasteiger charge is 2.25. The van der Waals surface area contributed by atoms with E-state index < -0.39 is 5.91 Å². The number of benzene rings is 3. The number of carbonyl (C=O) groups excluding carboxylic acids is 1. The largest absolute Gasteiger partial charge is 0.491 e. The molecule has 6 rings (SSSR count). The molecule has 2 fully saturated rings. The molecule has 0 radical (unpaired) electrons. The predicted octanol–water partition coefficient (Wildman–Crippen LogP) is 7.28. The van der Waals surface area contributed by atoms with Crippen molar-refractivity contribution in [2.75, 3.05) is 50.1 Å². The van der Waals surface area contributed by atoms with Gasteiger partial charge in [0, 0.05) is 36.8 Å². The Morgan fingerprint density at radius 1 is 1.04 bits per heavy atom. The lowest BCUT2D eigenvalue weighted by atomic mass is 10.0. The first-order chi connectivity index (χ1) is 21.9. The average molecular weight is 649 g/mol. The quantitative estimate of drug-likeness (QED) is 0.115. The fourth-order valence-corrected chi connectivity index (χ4v) is 5.61. The van der Waals surface area contributed by atoms with Crippen LogP contribution in [0.4, 0.5) is 17.2 Å². The Kier molecular flexibility index (Phi) is 10.0. The van der Waals surface area contributed by atoms with E-state index in [2.05, 4.69) is 50.3 Å². The summed E-state index contributed by atoms with van der Waals surface area (Å²) in [5.74, 6) is 1.72. The minimum atomic E-state index is -0.525. The average Bonchev–Trinajstić information content (AvgIpc) is 3.89. The number of ether oxygens (including phenoxy) is 3. The maximum Gasteiger partial charge on any atom is 0.266 e. The van der Waals surface area contributed by atoms with Crippen molar-refractivity contribution in [1.82, 2.24) is 14.9 Å². The second-order valence-corrected chi connectivity index (χ2v) is 12.0. The van der Waals surface area contributed by atoms with Gasteiger partial charge in [0.25, 0.3) is 5.91 Å². The molecule has 1 amide bonds. The summed E-state index contributed by atoms with van der Waals surface area (Å²) in [5, 5.41) is 7.14. The van der Waals surface area contributed by atoms with E-state index in [0.717, 1.165) is 39.3 Å². The van der Waals surface area contributed by atoms with Crippen LogP contribution in [0.25, 0.3) is 10.9 Å². The van der Waals surface area contributed by atoms with Crippen LogP contribution in [0.15, 0.2) is 72.5 Å². The fourth-order valence-electron chi connectivity index (χ4n) is 5.33. The number of nitrogens with one attached hydrogen (secondary N) is 2. The third-order valence-corrected chi connectivity index (χ3v) is 8.33. The first-order valence-corrected chi connectivity index (χ1v) is 15.8. The first-order valence-electron chi connectivity index (χ1n) is 15.1. The van der Waals surface area contributed by atoms with Gasteiger partial charge in [-0.2, -0.15) is 0 Å². The van der Waals surface area contributed by atoms with E-state index >= 15 is 0 Å². The number of rotatable bonds is 13. The van der Waals surface area contributed by atoms with Gasteiger partial charge in [-0.3, -0.25) is 9.69 Å². The lowest BCUT2D eigenvalue weighted by molar-refractivity contribution is -0.112. The summed E-state index contributed by atoms with van der Waals surface area (Å²) >= 11 is 12.5. The van der Waals surface area contributed by atoms with Crippen LogP contribution in [-0.4, -0.2) is 60.2 Å². The van der Waals surface area contributed by atoms with Crippen LogP contribution in [0, 0.1) is 0 Å². The zero-order valence-electron chi connectivity index (χ0n) is 24.9. The summed E-state index contributed by atoms with van der Waals surface area (Å²) in [6.07, 6.45) is 4.75. The normalized spacial score (nSPS) is 15.1. The molecule has 0 spiro atoms. The van der Waals surface area contributed by atoms with E-state index in [1.807, 2.05) is 18.2 Å². The Morgan fingerprint density at radius 2 is 1.87 bits per heavy atom. The summed E-state index contributed by atoms with van der Waals surface area (Å²) in [7, 11) is 0. The molecule has 0 unspecified atom stereocenters. The van der Waals surface area contributed by atoms with Crippen molar-refractivity contribution in [3.05, 3.63) is 88.7 Å². The van der Waals surface area contributed by atoms with E-state index in [1.165, 1.54) is 30.3 Å². The number of halogens is 2. The third kappa shape index (κ3) is 8.04. The predicted molar refractivity (Wildman–Crippen MR) is 178 cm³/mol. The molecule has 1 aliphatic heterocycles. The molecule has 11 heteroatoms. The molecule has 3 aromatic carbocycles. The molecule has 9 nitrogen and oxygen atoms in total. The smallest absolute Gasteiger partial charge is 0.266 e. The number of fused-ring (bicyclic) bond motifs is 1. The standard InChI is InChI=1S/C34H35Cl2N5O4/c1-22(35)34(42)40-30-18-27-29(19-32(30)44-14-4-11-41-12-15-43-16-13-41)37-21-38-33(27)39-25-9-10-31(28(36)17-25)45-20-24-5-2-3-6-26(24)23-7-8-23/h2-3,5-6,9-10,17-19,21,23H,1,4,7-8,11-16,20H2,(H,40,42)(H,37,38,39). The Balaban J connectivity index is 1.17. The van der Waals surface area contributed by atoms with Crippen molar-refractivity contribution in [2.45, 2.75) is 31.8 Å². The molecule has 234 valence electrons. The van der Waals surface area contributed by atoms with Crippen molar-refractivity contribution in [2.24, 2.45) is 0 Å². The van der Waals surface area contributed by atoms with Gasteiger partial charge in [0.05, 0.1) is 41.1 Å². The number of amides is 1. The van der Waals surface area contributed by atoms with Gasteiger partial charge in [-0.1, -0.05) is 54.0 Å². The Bertz CT molecular complexity index is 1690. The van der Waals surface area contributed by atoms with Gasteiger partial charge >= 0.3 is 0 Å². The molecule has 0 bridgehead atoms. The van der Waals surface area contributed by atoms with Crippen LogP contribution < -0.4 is 20.1 Å². The minimum Gasteiger partial charge on any atom is -0.491 e. The molecule has 0 atom stereocenters. The number of carbonyl (C=O) groups is 1. The number of hydrogen-bond acceptors (Lipinski definition) is 8. The Hall–Kier alpha value is -3.89. The van der Waals surface area contributed by atoms with Gasteiger partial charge in [0.1, 0.15) is 30.3 Å². The van der Waals surface area contributed by atoms with Crippen LogP contribution in [0.2, 0.25) is 5.02 Å². The van der Waals surface area contributed by atoms with Gasteiger partial charge in [-0.05, 0) is 60.6 Å². The highest BCUT2D eigenvalue weighted by atomic mass is 35.5. The lowest BCUT2D eigenvalue weighted by Crippen LogP contribution is -2.37. The highest BCUT2D eigenvalue weighted by Crippen LogP contribution is 2.42. The van der Waals surface area contributed by atoms with E-state index in [0.29, 0.717) is 63.7 Å². The molecule has 1 saturated carbocycles. The van der Waals surface area contributed by atoms with E-state index in [-0.39, 0.29) is 5.03 Å². The minimum absolute atomic E-state index is 0.135. The van der Waals surface area contributed by atoms with Gasteiger partial charge in [0.15, 0.2) is 0 Å². The topological polar surface area (TPSA) is 97.8 Å². The monoisotopic (exact) mass is 647 g/mol. The molecule has 4 aromatic rings. The fraction of sp³-hybridized carbons (Fsp3) is 0.324. The molecule has 2 N–H and O–H groups in total. The summed E-state index contributed by atoms with van der Waals surface area (Å²) in [6, 6.07) is 17.5. The van der Waals surface area contributed by atoms with Crippen molar-refractivity contribution in [3.63, 3.8) is 0 Å². The lowest BCUT2D eigenvalue weighted by Gasteiger charge is -2.26. The second kappa shape index (κ2) is 14.5. The number of nitrogens with zero attached hydrogens (tertiary/aromatic N) is 3. The number of aromatic nitrogens is 2. The van der Waals surface area contributed by atoms with Gasteiger partial charge in [0.2, 0.25) is 0 Å². The zero-order chi connectivity index (χ0) is 31.2. The van der Waals surface area contributed by atoms with Crippen molar-refractivity contribution in [1.29, 1.82) is 0 Å². The third-order valence-electron chi connectivity index (χ3n) is 7.86. The highest BCUT2D eigenvalue weighted by molar-refractivity contribution is 6.43. The molecule has 45 heavy (non-hydrogen) atoms. The zero-order valence-corrected chi connectivity index (χ0v) is 26.4. The van der Waals surface area contributed by atoms with Gasteiger partial charge < -0.3 is 24.8 Å². The number of anilines is 3. The van der Waals surface area contributed by atoms with Crippen LogP contribution >= 0.6 is 23.2 Å². The van der Waals surface area contributed by atoms with Crippen molar-refractivity contribution < 1.29 is 19.0 Å². The van der Waals surface area contributed by atoms with Crippen LogP contribution in [0.5, 0.6) is 11.5 Å². The van der Waals surface area contributed by atoms with Crippen LogP contribution in [0.1, 0.15) is 36.3 Å². The summed E-state index contributed by atoms with van der Waals surface area (Å²) in [6.45, 7) is 8.68. The van der Waals surface area contributed by atoms with Gasteiger partial charge in [-0.15, -0.1) is 0 Å². The maximum atomic E-state index is 12.5. The van der Waals surface area contributed by atoms with Crippen molar-refractivity contribution >= 4 is 57.2 Å². The second-order valence-electron chi connectivity index (χ2n) is 11.1. The SMILES string of the molecule is C=C(Cl)C(=O)Nc1cc2c(Nc3ccc(OCc4ccccc4C4CC4)c(Cl)c3)ncnc2cc1OCCCN1CCOCC1.